The Bertz CT molecular complexity index is 1140. The average molecular weight is 401 g/mol. The second-order valence-electron chi connectivity index (χ2n) is 7.48. The first-order chi connectivity index (χ1) is 14.5. The molecule has 7 nitrogen and oxygen atoms in total. The van der Waals surface area contributed by atoms with Crippen molar-refractivity contribution in [3.63, 3.8) is 0 Å². The number of nitrogens with two attached hydrogens (primary N) is 1. The van der Waals surface area contributed by atoms with Crippen LogP contribution >= 0.6 is 0 Å². The van der Waals surface area contributed by atoms with E-state index in [0.717, 1.165) is 29.5 Å². The van der Waals surface area contributed by atoms with Crippen molar-refractivity contribution in [1.29, 1.82) is 0 Å². The van der Waals surface area contributed by atoms with Crippen LogP contribution in [0.4, 0.5) is 5.82 Å². The zero-order valence-electron chi connectivity index (χ0n) is 16.1. The molecule has 0 saturated heterocycles. The summed E-state index contributed by atoms with van der Waals surface area (Å²) in [6, 6.07) is 16.3. The SMILES string of the molecule is NC(=O)c1ccc(-c2ccc(NC(=O)C3(c4ccc5c(c4)OCO5)CC3)nc2)cc1. The van der Waals surface area contributed by atoms with Gasteiger partial charge in [0.1, 0.15) is 5.82 Å². The van der Waals surface area contributed by atoms with Crippen molar-refractivity contribution < 1.29 is 19.1 Å². The van der Waals surface area contributed by atoms with Gasteiger partial charge in [-0.15, -0.1) is 0 Å². The van der Waals surface area contributed by atoms with Gasteiger partial charge in [0.25, 0.3) is 0 Å². The number of aromatic nitrogens is 1. The van der Waals surface area contributed by atoms with Crippen LogP contribution in [0, 0.1) is 0 Å². The van der Waals surface area contributed by atoms with Crippen LogP contribution in [0.1, 0.15) is 28.8 Å². The van der Waals surface area contributed by atoms with Gasteiger partial charge in [-0.05, 0) is 60.4 Å². The molecule has 0 bridgehead atoms. The molecule has 30 heavy (non-hydrogen) atoms. The van der Waals surface area contributed by atoms with Gasteiger partial charge in [-0.2, -0.15) is 0 Å². The Morgan fingerprint density at radius 3 is 2.33 bits per heavy atom. The Hall–Kier alpha value is -3.87. The van der Waals surface area contributed by atoms with Crippen LogP contribution in [-0.4, -0.2) is 23.6 Å². The molecule has 3 aromatic rings. The summed E-state index contributed by atoms with van der Waals surface area (Å²) in [4.78, 5) is 28.6. The van der Waals surface area contributed by atoms with Crippen molar-refractivity contribution in [3.05, 3.63) is 71.9 Å². The van der Waals surface area contributed by atoms with E-state index in [1.807, 2.05) is 36.4 Å². The Morgan fingerprint density at radius 2 is 1.67 bits per heavy atom. The largest absolute Gasteiger partial charge is 0.454 e. The van der Waals surface area contributed by atoms with Crippen LogP contribution < -0.4 is 20.5 Å². The summed E-state index contributed by atoms with van der Waals surface area (Å²) in [6.45, 7) is 0.208. The van der Waals surface area contributed by atoms with Gasteiger partial charge < -0.3 is 20.5 Å². The zero-order chi connectivity index (χ0) is 20.7. The van der Waals surface area contributed by atoms with Crippen molar-refractivity contribution in [3.8, 4) is 22.6 Å². The van der Waals surface area contributed by atoms with E-state index in [1.165, 1.54) is 0 Å². The molecule has 0 atom stereocenters. The highest BCUT2D eigenvalue weighted by Crippen LogP contribution is 2.51. The molecule has 1 aliphatic carbocycles. The number of ether oxygens (including phenoxy) is 2. The zero-order valence-corrected chi connectivity index (χ0v) is 16.1. The van der Waals surface area contributed by atoms with Gasteiger partial charge in [-0.25, -0.2) is 4.98 Å². The normalized spacial score (nSPS) is 15.5. The monoisotopic (exact) mass is 401 g/mol. The van der Waals surface area contributed by atoms with Gasteiger partial charge in [0, 0.05) is 17.3 Å². The van der Waals surface area contributed by atoms with Crippen LogP contribution in [0.3, 0.4) is 0 Å². The van der Waals surface area contributed by atoms with Crippen LogP contribution in [0.2, 0.25) is 0 Å². The number of carbonyl (C=O) groups is 2. The Kier molecular flexibility index (Phi) is 4.17. The Morgan fingerprint density at radius 1 is 0.933 bits per heavy atom. The first-order valence-electron chi connectivity index (χ1n) is 9.63. The quantitative estimate of drug-likeness (QED) is 0.683. The fourth-order valence-electron chi connectivity index (χ4n) is 3.67. The summed E-state index contributed by atoms with van der Waals surface area (Å²) in [6.07, 6.45) is 3.25. The van der Waals surface area contributed by atoms with Crippen LogP contribution in [0.15, 0.2) is 60.8 Å². The lowest BCUT2D eigenvalue weighted by atomic mass is 9.94. The lowest BCUT2D eigenvalue weighted by Gasteiger charge is -2.16. The number of hydrogen-bond acceptors (Lipinski definition) is 5. The molecule has 1 saturated carbocycles. The van der Waals surface area contributed by atoms with Gasteiger partial charge in [-0.1, -0.05) is 18.2 Å². The molecule has 1 aliphatic heterocycles. The molecule has 5 rings (SSSR count). The Balaban J connectivity index is 1.31. The summed E-state index contributed by atoms with van der Waals surface area (Å²) in [5, 5.41) is 2.93. The maximum absolute atomic E-state index is 13.0. The number of hydrogen-bond donors (Lipinski definition) is 2. The second-order valence-corrected chi connectivity index (χ2v) is 7.48. The molecule has 2 amide bonds. The van der Waals surface area contributed by atoms with E-state index in [2.05, 4.69) is 10.3 Å². The van der Waals surface area contributed by atoms with Crippen LogP contribution in [0.5, 0.6) is 11.5 Å². The second kappa shape index (κ2) is 6.88. The molecule has 0 radical (unpaired) electrons. The smallest absolute Gasteiger partial charge is 0.248 e. The number of benzene rings is 2. The molecule has 0 unspecified atom stereocenters. The highest BCUT2D eigenvalue weighted by atomic mass is 16.7. The average Bonchev–Trinajstić information content (AvgIpc) is 3.45. The number of anilines is 1. The van der Waals surface area contributed by atoms with E-state index in [-0.39, 0.29) is 12.7 Å². The van der Waals surface area contributed by atoms with Gasteiger partial charge in [0.15, 0.2) is 11.5 Å². The minimum Gasteiger partial charge on any atom is -0.454 e. The predicted molar refractivity (Wildman–Crippen MR) is 110 cm³/mol. The van der Waals surface area contributed by atoms with Gasteiger partial charge in [0.2, 0.25) is 18.6 Å². The fraction of sp³-hybridized carbons (Fsp3) is 0.174. The summed E-state index contributed by atoms with van der Waals surface area (Å²) >= 11 is 0. The number of carbonyl (C=O) groups excluding carboxylic acids is 2. The minimum atomic E-state index is -0.550. The minimum absolute atomic E-state index is 0.0765. The number of rotatable bonds is 5. The number of pyridine rings is 1. The van der Waals surface area contributed by atoms with Crippen LogP contribution in [-0.2, 0) is 10.2 Å². The summed E-state index contributed by atoms with van der Waals surface area (Å²) in [7, 11) is 0. The number of fused-ring (bicyclic) bond motifs is 1. The standard InChI is InChI=1S/C23H19N3O4/c24-21(27)15-3-1-14(2-4-15)16-5-8-20(25-12-16)26-22(28)23(9-10-23)17-6-7-18-19(11-17)30-13-29-18/h1-8,11-12H,9-10,13H2,(H2,24,27)(H,25,26,28). The molecule has 1 aromatic heterocycles. The third-order valence-corrected chi connectivity index (χ3v) is 5.62. The molecule has 2 aromatic carbocycles. The molecular weight excluding hydrogens is 382 g/mol. The maximum atomic E-state index is 13.0. The van der Waals surface area contributed by atoms with E-state index in [4.69, 9.17) is 15.2 Å². The highest BCUT2D eigenvalue weighted by Gasteiger charge is 2.51. The van der Waals surface area contributed by atoms with Gasteiger partial charge >= 0.3 is 0 Å². The number of nitrogens with zero attached hydrogens (tertiary/aromatic N) is 1. The maximum Gasteiger partial charge on any atom is 0.248 e. The molecule has 1 fully saturated rings. The number of primary amides is 1. The predicted octanol–water partition coefficient (Wildman–Crippen LogP) is 3.25. The third kappa shape index (κ3) is 3.14. The molecule has 2 aliphatic rings. The first kappa shape index (κ1) is 18.2. The molecular formula is C23H19N3O4. The molecule has 0 spiro atoms. The van der Waals surface area contributed by atoms with E-state index in [9.17, 15) is 9.59 Å². The van der Waals surface area contributed by atoms with Gasteiger partial charge in [0.05, 0.1) is 5.41 Å². The highest BCUT2D eigenvalue weighted by molar-refractivity contribution is 6.01. The first-order valence-corrected chi connectivity index (χ1v) is 9.63. The summed E-state index contributed by atoms with van der Waals surface area (Å²) in [5.41, 5.74) is 7.88. The molecule has 2 heterocycles. The van der Waals surface area contributed by atoms with Crippen molar-refractivity contribution in [2.45, 2.75) is 18.3 Å². The lowest BCUT2D eigenvalue weighted by molar-refractivity contribution is -0.118. The number of nitrogens with one attached hydrogen (secondary N) is 1. The molecule has 3 N–H and O–H groups in total. The van der Waals surface area contributed by atoms with Crippen molar-refractivity contribution >= 4 is 17.6 Å². The summed E-state index contributed by atoms with van der Waals surface area (Å²) < 4.78 is 10.8. The topological polar surface area (TPSA) is 104 Å². The van der Waals surface area contributed by atoms with E-state index in [0.29, 0.717) is 22.9 Å². The van der Waals surface area contributed by atoms with E-state index in [1.54, 1.807) is 24.4 Å². The number of amides is 2. The van der Waals surface area contributed by atoms with Gasteiger partial charge in [-0.3, -0.25) is 9.59 Å². The van der Waals surface area contributed by atoms with E-state index < -0.39 is 11.3 Å². The molecule has 7 heteroatoms. The molecule has 150 valence electrons. The van der Waals surface area contributed by atoms with Crippen molar-refractivity contribution in [2.75, 3.05) is 12.1 Å². The van der Waals surface area contributed by atoms with E-state index >= 15 is 0 Å². The third-order valence-electron chi connectivity index (χ3n) is 5.62. The summed E-state index contributed by atoms with van der Waals surface area (Å²) in [5.74, 6) is 1.33. The van der Waals surface area contributed by atoms with Crippen molar-refractivity contribution in [2.24, 2.45) is 5.73 Å². The Labute approximate surface area is 172 Å². The fourth-order valence-corrected chi connectivity index (χ4v) is 3.67. The lowest BCUT2D eigenvalue weighted by Crippen LogP contribution is -2.28. The van der Waals surface area contributed by atoms with Crippen LogP contribution in [0.25, 0.3) is 11.1 Å². The van der Waals surface area contributed by atoms with Crippen molar-refractivity contribution in [1.82, 2.24) is 4.98 Å².